The van der Waals surface area contributed by atoms with Crippen LogP contribution in [-0.2, 0) is 6.73 Å². The number of carbonyl (C=O) groups is 1. The van der Waals surface area contributed by atoms with Crippen molar-refractivity contribution in [2.24, 2.45) is 0 Å². The molecule has 6 nitrogen and oxygen atoms in total. The summed E-state index contributed by atoms with van der Waals surface area (Å²) in [6, 6.07) is 15.4. The second kappa shape index (κ2) is 7.81. The summed E-state index contributed by atoms with van der Waals surface area (Å²) in [5, 5.41) is 6.64. The van der Waals surface area contributed by atoms with Crippen LogP contribution in [0.15, 0.2) is 66.9 Å². The first-order valence-corrected chi connectivity index (χ1v) is 7.77. The molecule has 140 valence electrons. The van der Waals surface area contributed by atoms with Gasteiger partial charge in [-0.2, -0.15) is 5.10 Å². The average molecular weight is 377 g/mol. The first kappa shape index (κ1) is 18.3. The number of anilines is 1. The Morgan fingerprint density at radius 2 is 1.70 bits per heavy atom. The van der Waals surface area contributed by atoms with Crippen molar-refractivity contribution in [2.45, 2.75) is 13.1 Å². The van der Waals surface area contributed by atoms with Gasteiger partial charge in [0.1, 0.15) is 11.5 Å². The number of carbonyl (C=O) groups excluding carboxylic acids is 1. The summed E-state index contributed by atoms with van der Waals surface area (Å²) in [5.74, 6) is -0.207. The molecule has 0 aliphatic rings. The van der Waals surface area contributed by atoms with Gasteiger partial charge < -0.3 is 14.8 Å². The molecule has 0 radical (unpaired) electrons. The Balaban J connectivity index is 1.56. The van der Waals surface area contributed by atoms with Crippen molar-refractivity contribution in [3.63, 3.8) is 0 Å². The summed E-state index contributed by atoms with van der Waals surface area (Å²) < 4.78 is 47.1. The minimum atomic E-state index is -4.76. The van der Waals surface area contributed by atoms with Crippen LogP contribution in [0.25, 0.3) is 0 Å². The molecule has 27 heavy (non-hydrogen) atoms. The quantitative estimate of drug-likeness (QED) is 0.703. The number of halogens is 3. The Morgan fingerprint density at radius 3 is 2.37 bits per heavy atom. The van der Waals surface area contributed by atoms with Gasteiger partial charge in [0, 0.05) is 11.9 Å². The standard InChI is InChI=1S/C18H14F3N3O3/c19-18(20,21)27-15-8-6-13(7-9-15)22-17(25)16-10-11-24(23-16)12-26-14-4-2-1-3-5-14/h1-11H,12H2,(H,22,25). The van der Waals surface area contributed by atoms with E-state index in [4.69, 9.17) is 4.74 Å². The van der Waals surface area contributed by atoms with E-state index in [0.717, 1.165) is 12.1 Å². The number of ether oxygens (including phenoxy) is 2. The lowest BCUT2D eigenvalue weighted by Crippen LogP contribution is -2.17. The molecule has 0 atom stereocenters. The maximum Gasteiger partial charge on any atom is 0.573 e. The number of nitrogens with zero attached hydrogens (tertiary/aromatic N) is 2. The molecule has 2 aromatic carbocycles. The van der Waals surface area contributed by atoms with Crippen molar-refractivity contribution in [3.05, 3.63) is 72.6 Å². The third-order valence-electron chi connectivity index (χ3n) is 3.33. The number of nitrogens with one attached hydrogen (secondary N) is 1. The Bertz CT molecular complexity index is 893. The molecule has 0 saturated heterocycles. The van der Waals surface area contributed by atoms with Gasteiger partial charge in [-0.3, -0.25) is 4.79 Å². The van der Waals surface area contributed by atoms with Gasteiger partial charge in [-0.15, -0.1) is 13.2 Å². The summed E-state index contributed by atoms with van der Waals surface area (Å²) >= 11 is 0. The molecule has 1 heterocycles. The second-order valence-corrected chi connectivity index (χ2v) is 5.35. The monoisotopic (exact) mass is 377 g/mol. The lowest BCUT2D eigenvalue weighted by molar-refractivity contribution is -0.274. The van der Waals surface area contributed by atoms with Gasteiger partial charge in [-0.05, 0) is 42.5 Å². The van der Waals surface area contributed by atoms with Crippen molar-refractivity contribution in [3.8, 4) is 11.5 Å². The van der Waals surface area contributed by atoms with Crippen molar-refractivity contribution in [1.82, 2.24) is 9.78 Å². The van der Waals surface area contributed by atoms with E-state index < -0.39 is 12.3 Å². The maximum absolute atomic E-state index is 12.2. The number of amides is 1. The summed E-state index contributed by atoms with van der Waals surface area (Å²) in [5.41, 5.74) is 0.451. The molecule has 0 aliphatic heterocycles. The Hall–Kier alpha value is -3.49. The van der Waals surface area contributed by atoms with Crippen LogP contribution in [0, 0.1) is 0 Å². The summed E-state index contributed by atoms with van der Waals surface area (Å²) in [6.45, 7) is 0.126. The second-order valence-electron chi connectivity index (χ2n) is 5.35. The highest BCUT2D eigenvalue weighted by Gasteiger charge is 2.30. The molecule has 0 spiro atoms. The third-order valence-corrected chi connectivity index (χ3v) is 3.33. The molecule has 3 rings (SSSR count). The summed E-state index contributed by atoms with van der Waals surface area (Å²) in [7, 11) is 0. The topological polar surface area (TPSA) is 65.4 Å². The number of hydrogen-bond acceptors (Lipinski definition) is 4. The van der Waals surface area contributed by atoms with E-state index in [2.05, 4.69) is 15.2 Å². The molecule has 1 N–H and O–H groups in total. The van der Waals surface area contributed by atoms with Gasteiger partial charge in [0.25, 0.3) is 5.91 Å². The van der Waals surface area contributed by atoms with Crippen LogP contribution in [0.4, 0.5) is 18.9 Å². The zero-order valence-electron chi connectivity index (χ0n) is 13.8. The molecule has 1 aromatic heterocycles. The molecule has 0 fully saturated rings. The Labute approximate surface area is 152 Å². The molecule has 3 aromatic rings. The Morgan fingerprint density at radius 1 is 1.00 bits per heavy atom. The molecule has 9 heteroatoms. The fraction of sp³-hybridized carbons (Fsp3) is 0.111. The molecule has 0 unspecified atom stereocenters. The summed E-state index contributed by atoms with van der Waals surface area (Å²) in [6.07, 6.45) is -3.18. The first-order chi connectivity index (χ1) is 12.9. The molecular formula is C18H14F3N3O3. The number of aromatic nitrogens is 2. The minimum Gasteiger partial charge on any atom is -0.471 e. The van der Waals surface area contributed by atoms with E-state index in [1.54, 1.807) is 18.3 Å². The number of para-hydroxylation sites is 1. The van der Waals surface area contributed by atoms with Crippen LogP contribution in [-0.4, -0.2) is 22.1 Å². The zero-order chi connectivity index (χ0) is 19.3. The first-order valence-electron chi connectivity index (χ1n) is 7.77. The molecule has 0 saturated carbocycles. The van der Waals surface area contributed by atoms with E-state index in [0.29, 0.717) is 11.4 Å². The van der Waals surface area contributed by atoms with E-state index >= 15 is 0 Å². The van der Waals surface area contributed by atoms with Crippen molar-refractivity contribution >= 4 is 11.6 Å². The number of hydrogen-bond donors (Lipinski definition) is 1. The van der Waals surface area contributed by atoms with Gasteiger partial charge >= 0.3 is 6.36 Å². The summed E-state index contributed by atoms with van der Waals surface area (Å²) in [4.78, 5) is 12.2. The number of rotatable bonds is 6. The zero-order valence-corrected chi connectivity index (χ0v) is 13.8. The van der Waals surface area contributed by atoms with E-state index in [9.17, 15) is 18.0 Å². The lowest BCUT2D eigenvalue weighted by Gasteiger charge is -2.09. The van der Waals surface area contributed by atoms with E-state index in [1.807, 2.05) is 18.2 Å². The van der Waals surface area contributed by atoms with Crippen LogP contribution in [0.2, 0.25) is 0 Å². The highest BCUT2D eigenvalue weighted by Crippen LogP contribution is 2.24. The molecule has 1 amide bonds. The van der Waals surface area contributed by atoms with E-state index in [-0.39, 0.29) is 18.2 Å². The third kappa shape index (κ3) is 5.50. The highest BCUT2D eigenvalue weighted by atomic mass is 19.4. The van der Waals surface area contributed by atoms with E-state index in [1.165, 1.54) is 22.9 Å². The number of alkyl halides is 3. The highest BCUT2D eigenvalue weighted by molar-refractivity contribution is 6.02. The maximum atomic E-state index is 12.2. The van der Waals surface area contributed by atoms with Gasteiger partial charge in [0.2, 0.25) is 0 Å². The predicted molar refractivity (Wildman–Crippen MR) is 90.4 cm³/mol. The fourth-order valence-corrected chi connectivity index (χ4v) is 2.15. The fourth-order valence-electron chi connectivity index (χ4n) is 2.15. The van der Waals surface area contributed by atoms with Gasteiger partial charge in [0.15, 0.2) is 12.4 Å². The Kier molecular flexibility index (Phi) is 5.30. The predicted octanol–water partition coefficient (Wildman–Crippen LogP) is 4.07. The molecule has 0 aliphatic carbocycles. The normalized spacial score (nSPS) is 11.1. The smallest absolute Gasteiger partial charge is 0.471 e. The van der Waals surface area contributed by atoms with Crippen LogP contribution in [0.3, 0.4) is 0 Å². The average Bonchev–Trinajstić information content (AvgIpc) is 3.10. The van der Waals surface area contributed by atoms with Gasteiger partial charge in [-0.25, -0.2) is 4.68 Å². The van der Waals surface area contributed by atoms with Crippen LogP contribution in [0.5, 0.6) is 11.5 Å². The van der Waals surface area contributed by atoms with Gasteiger partial charge in [0.05, 0.1) is 0 Å². The lowest BCUT2D eigenvalue weighted by atomic mass is 10.3. The minimum absolute atomic E-state index is 0.126. The SMILES string of the molecule is O=C(Nc1ccc(OC(F)(F)F)cc1)c1ccn(COc2ccccc2)n1. The van der Waals surface area contributed by atoms with Crippen LogP contribution < -0.4 is 14.8 Å². The van der Waals surface area contributed by atoms with Gasteiger partial charge in [-0.1, -0.05) is 18.2 Å². The van der Waals surface area contributed by atoms with Crippen molar-refractivity contribution in [2.75, 3.05) is 5.32 Å². The molecule has 0 bridgehead atoms. The van der Waals surface area contributed by atoms with Crippen molar-refractivity contribution < 1.29 is 27.4 Å². The van der Waals surface area contributed by atoms with Crippen molar-refractivity contribution in [1.29, 1.82) is 0 Å². The largest absolute Gasteiger partial charge is 0.573 e. The van der Waals surface area contributed by atoms with Crippen LogP contribution in [0.1, 0.15) is 10.5 Å². The number of benzene rings is 2. The molecular weight excluding hydrogens is 363 g/mol. The van der Waals surface area contributed by atoms with Crippen LogP contribution >= 0.6 is 0 Å².